The molecule has 0 saturated carbocycles. The van der Waals surface area contributed by atoms with Crippen molar-refractivity contribution in [2.24, 2.45) is 16.5 Å². The van der Waals surface area contributed by atoms with E-state index < -0.39 is 10.0 Å². The molecule has 11 heteroatoms. The summed E-state index contributed by atoms with van der Waals surface area (Å²) in [7, 11) is -0.690. The lowest BCUT2D eigenvalue weighted by molar-refractivity contribution is -0.181. The van der Waals surface area contributed by atoms with Gasteiger partial charge in [-0.05, 0) is 24.6 Å². The molecule has 162 valence electrons. The number of halogens is 1. The van der Waals surface area contributed by atoms with E-state index in [9.17, 15) is 13.2 Å². The largest absolute Gasteiger partial charge is 1.00 e. The Labute approximate surface area is 179 Å². The highest BCUT2D eigenvalue weighted by Crippen LogP contribution is 2.30. The molecule has 0 radical (unpaired) electrons. The number of amides is 1. The Hall–Kier alpha value is -1.98. The number of rotatable bonds is 8. The van der Waals surface area contributed by atoms with Crippen LogP contribution in [0.5, 0.6) is 0 Å². The van der Waals surface area contributed by atoms with Gasteiger partial charge in [-0.15, -0.1) is 0 Å². The average Bonchev–Trinajstić information content (AvgIpc) is 2.81. The van der Waals surface area contributed by atoms with Crippen LogP contribution in [-0.4, -0.2) is 63.3 Å². The van der Waals surface area contributed by atoms with Crippen LogP contribution in [0.25, 0.3) is 6.08 Å². The molecule has 2 rings (SSSR count). The van der Waals surface area contributed by atoms with E-state index in [2.05, 4.69) is 4.99 Å². The predicted molar refractivity (Wildman–Crippen MR) is 109 cm³/mol. The maximum absolute atomic E-state index is 12.9. The van der Waals surface area contributed by atoms with Crippen LogP contribution in [-0.2, 0) is 19.7 Å². The molecule has 0 bridgehead atoms. The number of aliphatic imine (C=N–C) groups is 1. The smallest absolute Gasteiger partial charge is 1.00 e. The SMILES string of the molecule is CCCN(OCCN)C(=O)C1=Cc2ccc(S(=O)(=O)N(C)C)cc2N=C(N)C1.[Cl-].[H+]. The molecule has 1 aliphatic heterocycles. The average molecular weight is 446 g/mol. The third-order valence-electron chi connectivity index (χ3n) is 4.04. The summed E-state index contributed by atoms with van der Waals surface area (Å²) in [5.74, 6) is -0.0979. The summed E-state index contributed by atoms with van der Waals surface area (Å²) >= 11 is 0. The van der Waals surface area contributed by atoms with Gasteiger partial charge in [0.25, 0.3) is 5.91 Å². The van der Waals surface area contributed by atoms with Gasteiger partial charge in [-0.3, -0.25) is 9.63 Å². The zero-order chi connectivity index (χ0) is 20.9. The number of hydrogen-bond acceptors (Lipinski definition) is 7. The van der Waals surface area contributed by atoms with E-state index in [1.54, 1.807) is 12.1 Å². The second-order valence-corrected chi connectivity index (χ2v) is 8.64. The molecule has 0 fully saturated rings. The van der Waals surface area contributed by atoms with Gasteiger partial charge < -0.3 is 23.9 Å². The van der Waals surface area contributed by atoms with Crippen molar-refractivity contribution < 1.29 is 31.9 Å². The van der Waals surface area contributed by atoms with Crippen LogP contribution in [0.15, 0.2) is 33.7 Å². The van der Waals surface area contributed by atoms with Gasteiger partial charge in [-0.1, -0.05) is 13.0 Å². The van der Waals surface area contributed by atoms with Gasteiger partial charge in [-0.2, -0.15) is 0 Å². The highest BCUT2D eigenvalue weighted by atomic mass is 35.5. The predicted octanol–water partition coefficient (Wildman–Crippen LogP) is -2.04. The zero-order valence-corrected chi connectivity index (χ0v) is 18.3. The first-order chi connectivity index (χ1) is 13.2. The van der Waals surface area contributed by atoms with Gasteiger partial charge in [0, 0.05) is 44.7 Å². The fraction of sp³-hybridized carbons (Fsp3) is 0.444. The molecule has 1 amide bonds. The quantitative estimate of drug-likeness (QED) is 0.443. The summed E-state index contributed by atoms with van der Waals surface area (Å²) in [6.07, 6.45) is 2.52. The van der Waals surface area contributed by atoms with Gasteiger partial charge in [0.2, 0.25) is 10.0 Å². The van der Waals surface area contributed by atoms with Gasteiger partial charge in [0.15, 0.2) is 0 Å². The number of amidine groups is 1. The summed E-state index contributed by atoms with van der Waals surface area (Å²) < 4.78 is 25.9. The van der Waals surface area contributed by atoms with E-state index in [0.717, 1.165) is 10.7 Å². The highest BCUT2D eigenvalue weighted by molar-refractivity contribution is 7.89. The third kappa shape index (κ3) is 6.00. The molecule has 1 heterocycles. The number of carbonyl (C=O) groups excluding carboxylic acids is 1. The van der Waals surface area contributed by atoms with E-state index >= 15 is 0 Å². The number of hydroxylamine groups is 2. The van der Waals surface area contributed by atoms with Crippen molar-refractivity contribution in [3.8, 4) is 0 Å². The molecule has 1 aromatic rings. The molecular weight excluding hydrogens is 418 g/mol. The fourth-order valence-electron chi connectivity index (χ4n) is 2.63. The van der Waals surface area contributed by atoms with E-state index in [-0.39, 0.29) is 43.5 Å². The minimum Gasteiger partial charge on any atom is -1.00 e. The summed E-state index contributed by atoms with van der Waals surface area (Å²) in [5.41, 5.74) is 12.9. The van der Waals surface area contributed by atoms with Crippen LogP contribution < -0.4 is 23.9 Å². The number of hydrogen-bond donors (Lipinski definition) is 2. The van der Waals surface area contributed by atoms with E-state index in [4.69, 9.17) is 16.3 Å². The summed E-state index contributed by atoms with van der Waals surface area (Å²) in [5, 5.41) is 1.28. The Morgan fingerprint density at radius 2 is 2.03 bits per heavy atom. The first kappa shape index (κ1) is 25.1. The highest BCUT2D eigenvalue weighted by Gasteiger charge is 2.24. The normalized spacial score (nSPS) is 13.7. The van der Waals surface area contributed by atoms with E-state index in [1.165, 1.54) is 31.3 Å². The van der Waals surface area contributed by atoms with Crippen molar-refractivity contribution in [2.75, 3.05) is 33.8 Å². The van der Waals surface area contributed by atoms with E-state index in [0.29, 0.717) is 29.9 Å². The molecular formula is C18H28ClN5O4S. The zero-order valence-electron chi connectivity index (χ0n) is 17.8. The summed E-state index contributed by atoms with van der Waals surface area (Å²) in [4.78, 5) is 22.8. The molecule has 0 saturated heterocycles. The van der Waals surface area contributed by atoms with Crippen molar-refractivity contribution in [2.45, 2.75) is 24.7 Å². The standard InChI is InChI=1S/C18H27N5O4S.ClH/c1-4-8-23(27-9-7-19)18(24)14-10-13-5-6-15(28(25,26)22(2)3)12-16(13)21-17(20)11-14;/h5-6,10,12H,4,7-9,11,19H2,1-3H3,(H2,20,21);1H. The Balaban J connectivity index is 0.00000420. The van der Waals surface area contributed by atoms with E-state index in [1.807, 2.05) is 6.92 Å². The van der Waals surface area contributed by atoms with Crippen LogP contribution in [0, 0.1) is 0 Å². The lowest BCUT2D eigenvalue weighted by atomic mass is 10.1. The van der Waals surface area contributed by atoms with Gasteiger partial charge >= 0.3 is 1.43 Å². The summed E-state index contributed by atoms with van der Waals surface area (Å²) in [6.45, 7) is 2.87. The number of fused-ring (bicyclic) bond motifs is 1. The number of nitrogens with zero attached hydrogens (tertiary/aromatic N) is 3. The van der Waals surface area contributed by atoms with Crippen molar-refractivity contribution in [3.63, 3.8) is 0 Å². The summed E-state index contributed by atoms with van der Waals surface area (Å²) in [6, 6.07) is 4.56. The number of sulfonamides is 1. The Morgan fingerprint density at radius 1 is 1.34 bits per heavy atom. The molecule has 29 heavy (non-hydrogen) atoms. The number of carbonyl (C=O) groups is 1. The molecule has 0 aromatic heterocycles. The van der Waals surface area contributed by atoms with Crippen molar-refractivity contribution in [3.05, 3.63) is 29.3 Å². The van der Waals surface area contributed by atoms with Crippen LogP contribution in [0.1, 0.15) is 26.8 Å². The van der Waals surface area contributed by atoms with Crippen LogP contribution >= 0.6 is 0 Å². The van der Waals surface area contributed by atoms with Gasteiger partial charge in [0.05, 0.1) is 17.2 Å². The lowest BCUT2D eigenvalue weighted by Crippen LogP contribution is -3.00. The van der Waals surface area contributed by atoms with Gasteiger partial charge in [0.1, 0.15) is 5.84 Å². The molecule has 1 aromatic carbocycles. The molecule has 0 spiro atoms. The second kappa shape index (κ2) is 10.7. The molecule has 0 aliphatic carbocycles. The van der Waals surface area contributed by atoms with Crippen LogP contribution in [0.4, 0.5) is 5.69 Å². The molecule has 0 atom stereocenters. The first-order valence-corrected chi connectivity index (χ1v) is 10.4. The van der Waals surface area contributed by atoms with Crippen LogP contribution in [0.3, 0.4) is 0 Å². The number of nitrogens with two attached hydrogens (primary N) is 2. The Bertz CT molecular complexity index is 906. The Morgan fingerprint density at radius 3 is 2.62 bits per heavy atom. The monoisotopic (exact) mass is 445 g/mol. The number of benzene rings is 1. The van der Waals surface area contributed by atoms with Crippen molar-refractivity contribution in [1.82, 2.24) is 9.37 Å². The second-order valence-electron chi connectivity index (χ2n) is 6.49. The maximum Gasteiger partial charge on any atom is 1.00 e. The third-order valence-corrected chi connectivity index (χ3v) is 5.85. The minimum absolute atomic E-state index is 0. The molecule has 4 N–H and O–H groups in total. The minimum atomic E-state index is -3.61. The molecule has 9 nitrogen and oxygen atoms in total. The topological polar surface area (TPSA) is 131 Å². The molecule has 0 unspecified atom stereocenters. The Kier molecular flexibility index (Phi) is 9.24. The first-order valence-electron chi connectivity index (χ1n) is 8.95. The van der Waals surface area contributed by atoms with Gasteiger partial charge in [-0.25, -0.2) is 22.8 Å². The fourth-order valence-corrected chi connectivity index (χ4v) is 3.55. The lowest BCUT2D eigenvalue weighted by Gasteiger charge is -2.22. The van der Waals surface area contributed by atoms with Crippen molar-refractivity contribution >= 4 is 33.5 Å². The van der Waals surface area contributed by atoms with Crippen molar-refractivity contribution in [1.29, 1.82) is 0 Å². The van der Waals surface area contributed by atoms with Crippen LogP contribution in [0.2, 0.25) is 0 Å². The molecule has 1 aliphatic rings. The maximum atomic E-state index is 12.9.